The lowest BCUT2D eigenvalue weighted by Gasteiger charge is -2.08. The Morgan fingerprint density at radius 3 is 2.84 bits per heavy atom. The van der Waals surface area contributed by atoms with E-state index in [0.717, 1.165) is 23.3 Å². The number of benzene rings is 2. The summed E-state index contributed by atoms with van der Waals surface area (Å²) in [4.78, 5) is 11.3. The summed E-state index contributed by atoms with van der Waals surface area (Å²) in [7, 11) is 0. The van der Waals surface area contributed by atoms with Gasteiger partial charge in [0, 0.05) is 11.4 Å². The first-order valence-electron chi connectivity index (χ1n) is 5.94. The summed E-state index contributed by atoms with van der Waals surface area (Å²) in [5.74, 6) is -0.0777. The second kappa shape index (κ2) is 4.59. The monoisotopic (exact) mass is 274 g/mol. The lowest BCUT2D eigenvalue weighted by Crippen LogP contribution is -1.99. The molecule has 96 valence electrons. The van der Waals surface area contributed by atoms with Crippen LogP contribution in [-0.4, -0.2) is 17.7 Å². The van der Waals surface area contributed by atoms with Gasteiger partial charge in [-0.25, -0.2) is 4.79 Å². The number of hydrogen-bond acceptors (Lipinski definition) is 2. The summed E-state index contributed by atoms with van der Waals surface area (Å²) in [6.07, 6.45) is 0.853. The molecule has 0 saturated heterocycles. The number of carboxylic acids is 1. The topological polar surface area (TPSA) is 46.5 Å². The van der Waals surface area contributed by atoms with Crippen LogP contribution in [0.1, 0.15) is 15.9 Å². The van der Waals surface area contributed by atoms with Crippen LogP contribution in [0.15, 0.2) is 36.4 Å². The SMILES string of the molecule is O=C(O)c1ccc(Cl)cc1-c1ccc2c(c1)CCO2. The van der Waals surface area contributed by atoms with Gasteiger partial charge in [-0.05, 0) is 47.0 Å². The maximum absolute atomic E-state index is 11.3. The van der Waals surface area contributed by atoms with E-state index in [4.69, 9.17) is 16.3 Å². The van der Waals surface area contributed by atoms with Crippen LogP contribution >= 0.6 is 11.6 Å². The van der Waals surface area contributed by atoms with Crippen LogP contribution in [0.3, 0.4) is 0 Å². The molecule has 0 unspecified atom stereocenters. The minimum absolute atomic E-state index is 0.253. The highest BCUT2D eigenvalue weighted by molar-refractivity contribution is 6.31. The molecule has 19 heavy (non-hydrogen) atoms. The predicted octanol–water partition coefficient (Wildman–Crippen LogP) is 3.64. The van der Waals surface area contributed by atoms with Gasteiger partial charge in [-0.3, -0.25) is 0 Å². The number of hydrogen-bond donors (Lipinski definition) is 1. The molecule has 0 radical (unpaired) electrons. The van der Waals surface area contributed by atoms with Crippen molar-refractivity contribution < 1.29 is 14.6 Å². The van der Waals surface area contributed by atoms with Crippen LogP contribution < -0.4 is 4.74 Å². The number of rotatable bonds is 2. The van der Waals surface area contributed by atoms with E-state index in [1.807, 2.05) is 18.2 Å². The Morgan fingerprint density at radius 2 is 2.05 bits per heavy atom. The van der Waals surface area contributed by atoms with Gasteiger partial charge in [0.15, 0.2) is 0 Å². The lowest BCUT2D eigenvalue weighted by molar-refractivity contribution is 0.0698. The molecule has 1 heterocycles. The fraction of sp³-hybridized carbons (Fsp3) is 0.133. The smallest absolute Gasteiger partial charge is 0.336 e. The maximum Gasteiger partial charge on any atom is 0.336 e. The summed E-state index contributed by atoms with van der Waals surface area (Å²) >= 11 is 5.97. The quantitative estimate of drug-likeness (QED) is 0.909. The Hall–Kier alpha value is -2.00. The maximum atomic E-state index is 11.3. The molecule has 0 aromatic heterocycles. The fourth-order valence-electron chi connectivity index (χ4n) is 2.30. The van der Waals surface area contributed by atoms with Crippen molar-refractivity contribution in [2.75, 3.05) is 6.61 Å². The molecule has 1 aliphatic rings. The van der Waals surface area contributed by atoms with E-state index in [1.54, 1.807) is 12.1 Å². The van der Waals surface area contributed by atoms with Gasteiger partial charge in [0.2, 0.25) is 0 Å². The molecule has 3 nitrogen and oxygen atoms in total. The average molecular weight is 275 g/mol. The largest absolute Gasteiger partial charge is 0.493 e. The van der Waals surface area contributed by atoms with Gasteiger partial charge in [-0.2, -0.15) is 0 Å². The highest BCUT2D eigenvalue weighted by atomic mass is 35.5. The molecular formula is C15H11ClO3. The van der Waals surface area contributed by atoms with Crippen molar-refractivity contribution in [3.63, 3.8) is 0 Å². The zero-order valence-electron chi connectivity index (χ0n) is 10.0. The molecule has 4 heteroatoms. The number of carbonyl (C=O) groups is 1. The van der Waals surface area contributed by atoms with Crippen LogP contribution in [0.2, 0.25) is 5.02 Å². The third-order valence-electron chi connectivity index (χ3n) is 3.21. The van der Waals surface area contributed by atoms with Gasteiger partial charge < -0.3 is 9.84 Å². The molecule has 1 N–H and O–H groups in total. The molecule has 0 amide bonds. The number of fused-ring (bicyclic) bond motifs is 1. The number of ether oxygens (including phenoxy) is 1. The van der Waals surface area contributed by atoms with E-state index < -0.39 is 5.97 Å². The third-order valence-corrected chi connectivity index (χ3v) is 3.45. The molecule has 0 saturated carbocycles. The number of halogens is 1. The second-order valence-corrected chi connectivity index (χ2v) is 4.85. The summed E-state index contributed by atoms with van der Waals surface area (Å²) in [5.41, 5.74) is 2.84. The van der Waals surface area contributed by atoms with E-state index in [-0.39, 0.29) is 5.56 Å². The Bertz CT molecular complexity index is 664. The highest BCUT2D eigenvalue weighted by Crippen LogP contribution is 2.33. The zero-order valence-corrected chi connectivity index (χ0v) is 10.8. The van der Waals surface area contributed by atoms with Crippen molar-refractivity contribution in [3.05, 3.63) is 52.5 Å². The van der Waals surface area contributed by atoms with Crippen molar-refractivity contribution in [1.82, 2.24) is 0 Å². The van der Waals surface area contributed by atoms with Crippen LogP contribution in [0.25, 0.3) is 11.1 Å². The minimum Gasteiger partial charge on any atom is -0.493 e. The Kier molecular flexibility index (Phi) is 2.91. The predicted molar refractivity (Wildman–Crippen MR) is 73.0 cm³/mol. The lowest BCUT2D eigenvalue weighted by atomic mass is 9.97. The highest BCUT2D eigenvalue weighted by Gasteiger charge is 2.16. The van der Waals surface area contributed by atoms with E-state index in [9.17, 15) is 9.90 Å². The number of carboxylic acid groups (broad SMARTS) is 1. The number of aromatic carboxylic acids is 1. The molecule has 2 aromatic carbocycles. The molecule has 2 aromatic rings. The molecule has 3 rings (SSSR count). The first-order chi connectivity index (χ1) is 9.15. The average Bonchev–Trinajstić information content (AvgIpc) is 2.85. The van der Waals surface area contributed by atoms with Crippen molar-refractivity contribution in [2.24, 2.45) is 0 Å². The first-order valence-corrected chi connectivity index (χ1v) is 6.32. The van der Waals surface area contributed by atoms with E-state index in [0.29, 0.717) is 17.2 Å². The van der Waals surface area contributed by atoms with Gasteiger partial charge in [0.25, 0.3) is 0 Å². The molecule has 0 fully saturated rings. The molecule has 1 aliphatic heterocycles. The van der Waals surface area contributed by atoms with Gasteiger partial charge in [0.1, 0.15) is 5.75 Å². The van der Waals surface area contributed by atoms with Crippen molar-refractivity contribution in [2.45, 2.75) is 6.42 Å². The van der Waals surface area contributed by atoms with Crippen LogP contribution in [0.5, 0.6) is 5.75 Å². The zero-order chi connectivity index (χ0) is 13.4. The summed E-state index contributed by atoms with van der Waals surface area (Å²) in [6, 6.07) is 10.5. The van der Waals surface area contributed by atoms with E-state index in [2.05, 4.69) is 0 Å². The second-order valence-electron chi connectivity index (χ2n) is 4.42. The van der Waals surface area contributed by atoms with Gasteiger partial charge in [0.05, 0.1) is 12.2 Å². The fourth-order valence-corrected chi connectivity index (χ4v) is 2.47. The minimum atomic E-state index is -0.955. The Labute approximate surface area is 115 Å². The summed E-state index contributed by atoms with van der Waals surface area (Å²) < 4.78 is 5.45. The van der Waals surface area contributed by atoms with Gasteiger partial charge >= 0.3 is 5.97 Å². The normalized spacial score (nSPS) is 12.9. The molecule has 0 aliphatic carbocycles. The molecule has 0 bridgehead atoms. The summed E-state index contributed by atoms with van der Waals surface area (Å²) in [6.45, 7) is 0.681. The van der Waals surface area contributed by atoms with Crippen molar-refractivity contribution in [1.29, 1.82) is 0 Å². The van der Waals surface area contributed by atoms with E-state index in [1.165, 1.54) is 6.07 Å². The third kappa shape index (κ3) is 2.17. The Balaban J connectivity index is 2.16. The molecule has 0 atom stereocenters. The first kappa shape index (κ1) is 12.1. The Morgan fingerprint density at radius 1 is 1.21 bits per heavy atom. The van der Waals surface area contributed by atoms with Crippen LogP contribution in [0, 0.1) is 0 Å². The van der Waals surface area contributed by atoms with Gasteiger partial charge in [-0.15, -0.1) is 0 Å². The van der Waals surface area contributed by atoms with Crippen molar-refractivity contribution >= 4 is 17.6 Å². The van der Waals surface area contributed by atoms with E-state index >= 15 is 0 Å². The van der Waals surface area contributed by atoms with Crippen molar-refractivity contribution in [3.8, 4) is 16.9 Å². The summed E-state index contributed by atoms with van der Waals surface area (Å²) in [5, 5.41) is 9.77. The molecular weight excluding hydrogens is 264 g/mol. The molecule has 0 spiro atoms. The van der Waals surface area contributed by atoms with Crippen LogP contribution in [0.4, 0.5) is 0 Å². The standard InChI is InChI=1S/C15H11ClO3/c16-11-2-3-12(15(17)18)13(8-11)9-1-4-14-10(7-9)5-6-19-14/h1-4,7-8H,5-6H2,(H,17,18). The van der Waals surface area contributed by atoms with Gasteiger partial charge in [-0.1, -0.05) is 17.7 Å². The van der Waals surface area contributed by atoms with Crippen LogP contribution in [-0.2, 0) is 6.42 Å².